The molecule has 1 fully saturated rings. The number of benzene rings is 2. The summed E-state index contributed by atoms with van der Waals surface area (Å²) < 4.78 is 18.9. The highest BCUT2D eigenvalue weighted by atomic mass is 19.1. The van der Waals surface area contributed by atoms with Crippen molar-refractivity contribution in [2.45, 2.75) is 25.6 Å². The first kappa shape index (κ1) is 18.1. The van der Waals surface area contributed by atoms with Crippen LogP contribution < -0.4 is 4.90 Å². The van der Waals surface area contributed by atoms with Crippen LogP contribution in [-0.2, 0) is 16.1 Å². The van der Waals surface area contributed by atoms with Crippen molar-refractivity contribution in [3.05, 3.63) is 65.8 Å². The number of halogens is 1. The molecule has 10 heteroatoms. The van der Waals surface area contributed by atoms with Crippen molar-refractivity contribution in [2.75, 3.05) is 4.90 Å². The zero-order chi connectivity index (χ0) is 20.8. The summed E-state index contributed by atoms with van der Waals surface area (Å²) in [7, 11) is 0. The third-order valence-corrected chi connectivity index (χ3v) is 5.08. The molecule has 150 valence electrons. The van der Waals surface area contributed by atoms with Gasteiger partial charge in [-0.2, -0.15) is 10.1 Å². The molecule has 0 spiro atoms. The second kappa shape index (κ2) is 6.83. The minimum atomic E-state index is -0.987. The molecule has 0 bridgehead atoms. The lowest BCUT2D eigenvalue weighted by Crippen LogP contribution is -2.39. The lowest BCUT2D eigenvalue weighted by atomic mass is 10.1. The van der Waals surface area contributed by atoms with Crippen LogP contribution in [0.4, 0.5) is 10.1 Å². The lowest BCUT2D eigenvalue weighted by molar-refractivity contribution is -0.123. The molecule has 3 aromatic rings. The van der Waals surface area contributed by atoms with Crippen molar-refractivity contribution >= 4 is 17.5 Å². The maximum atomic E-state index is 13.6. The number of carbonyl (C=O) groups excluding carboxylic acids is 2. The van der Waals surface area contributed by atoms with E-state index >= 15 is 0 Å². The van der Waals surface area contributed by atoms with Gasteiger partial charge in [-0.3, -0.25) is 14.6 Å². The molecular weight excluding hydrogens is 391 g/mol. The highest BCUT2D eigenvalue weighted by molar-refractivity contribution is 6.25. The molecule has 2 atom stereocenters. The van der Waals surface area contributed by atoms with Gasteiger partial charge in [0.15, 0.2) is 12.1 Å². The smallest absolute Gasteiger partial charge is 0.263 e. The first-order valence-electron chi connectivity index (χ1n) is 9.22. The molecule has 5 rings (SSSR count). The molecular formula is C20H15FN6O3. The van der Waals surface area contributed by atoms with E-state index in [0.29, 0.717) is 5.82 Å². The van der Waals surface area contributed by atoms with Crippen molar-refractivity contribution in [1.82, 2.24) is 15.1 Å². The fourth-order valence-electron chi connectivity index (χ4n) is 3.61. The Morgan fingerprint density at radius 3 is 2.73 bits per heavy atom. The normalized spacial score (nSPS) is 20.3. The molecule has 2 aliphatic rings. The average Bonchev–Trinajstić information content (AvgIpc) is 3.41. The number of aromatic nitrogens is 2. The van der Waals surface area contributed by atoms with Crippen LogP contribution >= 0.6 is 0 Å². The number of hydrogen-bond acceptors (Lipinski definition) is 8. The summed E-state index contributed by atoms with van der Waals surface area (Å²) in [6.07, 6.45) is 0. The number of aryl methyl sites for hydroxylation is 1. The van der Waals surface area contributed by atoms with Gasteiger partial charge in [0.25, 0.3) is 11.8 Å². The Kier molecular flexibility index (Phi) is 4.12. The molecule has 30 heavy (non-hydrogen) atoms. The molecule has 0 N–H and O–H groups in total. The Bertz CT molecular complexity index is 1190. The number of hydrogen-bond donors (Lipinski definition) is 0. The highest BCUT2D eigenvalue weighted by Crippen LogP contribution is 2.33. The molecule has 2 aromatic carbocycles. The molecule has 0 radical (unpaired) electrons. The second-order valence-electron chi connectivity index (χ2n) is 7.01. The number of carbonyl (C=O) groups is 2. The predicted molar refractivity (Wildman–Crippen MR) is 101 cm³/mol. The molecule has 9 nitrogen and oxygen atoms in total. The summed E-state index contributed by atoms with van der Waals surface area (Å²) in [5.41, 5.74) is 1.99. The van der Waals surface area contributed by atoms with E-state index in [1.165, 1.54) is 23.2 Å². The van der Waals surface area contributed by atoms with Crippen molar-refractivity contribution in [3.63, 3.8) is 0 Å². The summed E-state index contributed by atoms with van der Waals surface area (Å²) >= 11 is 0. The van der Waals surface area contributed by atoms with Crippen LogP contribution in [0.15, 0.2) is 63.4 Å². The van der Waals surface area contributed by atoms with Gasteiger partial charge < -0.3 is 4.52 Å². The number of anilines is 1. The van der Waals surface area contributed by atoms with E-state index in [0.717, 1.165) is 22.1 Å². The summed E-state index contributed by atoms with van der Waals surface area (Å²) in [4.78, 5) is 30.9. The third-order valence-electron chi connectivity index (χ3n) is 5.08. The Balaban J connectivity index is 1.38. The van der Waals surface area contributed by atoms with Crippen LogP contribution in [0, 0.1) is 12.7 Å². The van der Waals surface area contributed by atoms with E-state index < -0.39 is 29.7 Å². The number of fused-ring (bicyclic) bond motifs is 1. The topological polar surface area (TPSA) is 104 Å². The van der Waals surface area contributed by atoms with Crippen molar-refractivity contribution < 1.29 is 18.5 Å². The van der Waals surface area contributed by atoms with Gasteiger partial charge in [-0.05, 0) is 30.7 Å². The number of amides is 2. The number of imide groups is 1. The van der Waals surface area contributed by atoms with E-state index in [4.69, 9.17) is 4.52 Å². The molecule has 2 amide bonds. The van der Waals surface area contributed by atoms with Gasteiger partial charge in [-0.1, -0.05) is 40.7 Å². The first-order valence-corrected chi connectivity index (χ1v) is 9.22. The minimum absolute atomic E-state index is 0.0135. The van der Waals surface area contributed by atoms with E-state index in [1.54, 1.807) is 0 Å². The van der Waals surface area contributed by atoms with Crippen LogP contribution in [0.2, 0.25) is 0 Å². The van der Waals surface area contributed by atoms with E-state index in [-0.39, 0.29) is 18.1 Å². The monoisotopic (exact) mass is 406 g/mol. The van der Waals surface area contributed by atoms with Gasteiger partial charge in [0, 0.05) is 5.56 Å². The maximum Gasteiger partial charge on any atom is 0.263 e. The summed E-state index contributed by atoms with van der Waals surface area (Å²) in [5.74, 6) is -0.964. The molecule has 0 unspecified atom stereocenters. The Hall–Kier alpha value is -3.95. The number of nitrogens with zero attached hydrogens (tertiary/aromatic N) is 6. The summed E-state index contributed by atoms with van der Waals surface area (Å²) in [6.45, 7) is 1.95. The van der Waals surface area contributed by atoms with E-state index in [9.17, 15) is 14.0 Å². The molecule has 1 aromatic heterocycles. The van der Waals surface area contributed by atoms with Gasteiger partial charge in [-0.15, -0.1) is 0 Å². The van der Waals surface area contributed by atoms with Gasteiger partial charge in [0.2, 0.25) is 11.7 Å². The van der Waals surface area contributed by atoms with E-state index in [2.05, 4.69) is 20.5 Å². The zero-order valence-corrected chi connectivity index (χ0v) is 15.8. The Labute approximate surface area is 169 Å². The van der Waals surface area contributed by atoms with Crippen molar-refractivity contribution in [2.24, 2.45) is 10.3 Å². The quantitative estimate of drug-likeness (QED) is 0.617. The van der Waals surface area contributed by atoms with Gasteiger partial charge in [0.05, 0.1) is 5.69 Å². The standard InChI is InChI=1S/C20H15FN6O3/c1-11-5-2-3-8-14(11)18-22-15(30-24-18)10-26-17-16(23-25-26)19(28)27(20(17)29)13-7-4-6-12(21)9-13/h2-9,16-17H,10H2,1H3/t16-,17+/m0/s1. The molecule has 1 saturated heterocycles. The largest absolute Gasteiger partial charge is 0.337 e. The van der Waals surface area contributed by atoms with Gasteiger partial charge >= 0.3 is 0 Å². The van der Waals surface area contributed by atoms with Crippen LogP contribution in [-0.4, -0.2) is 39.0 Å². The van der Waals surface area contributed by atoms with Crippen LogP contribution in [0.3, 0.4) is 0 Å². The summed E-state index contributed by atoms with van der Waals surface area (Å²) in [5, 5.41) is 13.2. The predicted octanol–water partition coefficient (Wildman–Crippen LogP) is 2.68. The fourth-order valence-corrected chi connectivity index (χ4v) is 3.61. The number of rotatable bonds is 4. The van der Waals surface area contributed by atoms with Crippen LogP contribution in [0.1, 0.15) is 11.5 Å². The fraction of sp³-hybridized carbons (Fsp3) is 0.200. The Morgan fingerprint density at radius 2 is 1.93 bits per heavy atom. The van der Waals surface area contributed by atoms with Crippen LogP contribution in [0.25, 0.3) is 11.4 Å². The molecule has 2 aliphatic heterocycles. The minimum Gasteiger partial charge on any atom is -0.337 e. The molecule has 3 heterocycles. The summed E-state index contributed by atoms with van der Waals surface area (Å²) in [6, 6.07) is 11.0. The van der Waals surface area contributed by atoms with Gasteiger partial charge in [-0.25, -0.2) is 9.29 Å². The highest BCUT2D eigenvalue weighted by Gasteiger charge is 2.55. The zero-order valence-electron chi connectivity index (χ0n) is 15.8. The maximum absolute atomic E-state index is 13.6. The SMILES string of the molecule is Cc1ccccc1-c1noc(CN2N=N[C@@H]3C(=O)N(c4cccc(F)c4)C(=O)[C@@H]32)n1. The lowest BCUT2D eigenvalue weighted by Gasteiger charge is -2.19. The second-order valence-corrected chi connectivity index (χ2v) is 7.01. The third kappa shape index (κ3) is 2.84. The van der Waals surface area contributed by atoms with Crippen LogP contribution in [0.5, 0.6) is 0 Å². The molecule has 0 saturated carbocycles. The molecule has 0 aliphatic carbocycles. The average molecular weight is 406 g/mol. The van der Waals surface area contributed by atoms with Crippen molar-refractivity contribution in [1.29, 1.82) is 0 Å². The first-order chi connectivity index (χ1) is 14.5. The van der Waals surface area contributed by atoms with E-state index in [1.807, 2.05) is 31.2 Å². The van der Waals surface area contributed by atoms with Gasteiger partial charge in [0.1, 0.15) is 12.4 Å². The Morgan fingerprint density at radius 1 is 1.10 bits per heavy atom. The van der Waals surface area contributed by atoms with Crippen molar-refractivity contribution in [3.8, 4) is 11.4 Å².